The molecule has 1 aromatic rings. The number of aromatic amines is 1. The van der Waals surface area contributed by atoms with Gasteiger partial charge >= 0.3 is 29.2 Å². The third-order valence-corrected chi connectivity index (χ3v) is 7.86. The second-order valence-electron chi connectivity index (χ2n) is 6.02. The zero-order valence-electron chi connectivity index (χ0n) is 17.5. The van der Waals surface area contributed by atoms with Crippen molar-refractivity contribution in [1.82, 2.24) is 9.55 Å². The van der Waals surface area contributed by atoms with E-state index in [9.17, 15) is 38.2 Å². The molecular formula is C12H16ClN2O14P3. The molecule has 1 aliphatic heterocycles. The van der Waals surface area contributed by atoms with E-state index in [1.807, 2.05) is 10.9 Å². The molecule has 6 atom stereocenters. The Kier molecular flexibility index (Phi) is 6.94. The molecule has 1 fully saturated rings. The molecular weight excluding hydrogens is 525 g/mol. The average molecular weight is 543 g/mol. The maximum Gasteiger partial charge on any atom is 0.490 e. The average Bonchev–Trinajstić information content (AvgIpc) is 2.83. The molecule has 0 spiro atoms. The summed E-state index contributed by atoms with van der Waals surface area (Å²) in [7, 11) is -17.7. The Labute approximate surface area is 186 Å². The van der Waals surface area contributed by atoms with Crippen LogP contribution in [0, 0.1) is 19.3 Å². The summed E-state index contributed by atoms with van der Waals surface area (Å²) in [6.07, 6.45) is -1.22. The van der Waals surface area contributed by atoms with Gasteiger partial charge in [0.15, 0.2) is 11.1 Å². The molecule has 1 aromatic heterocycles. The van der Waals surface area contributed by atoms with Gasteiger partial charge in [0.2, 0.25) is 0 Å². The number of hydrogen-bond donors (Lipinski definition) is 6. The Bertz CT molecular complexity index is 1270. The Balaban J connectivity index is 2.41. The van der Waals surface area contributed by atoms with Crippen LogP contribution in [-0.2, 0) is 31.6 Å². The smallest absolute Gasteiger partial charge is 0.387 e. The molecule has 32 heavy (non-hydrogen) atoms. The van der Waals surface area contributed by atoms with Crippen LogP contribution in [0.15, 0.2) is 15.7 Å². The fourth-order valence-electron chi connectivity index (χ4n) is 2.50. The molecule has 2 heterocycles. The molecule has 1 saturated heterocycles. The van der Waals surface area contributed by atoms with Crippen LogP contribution in [0.5, 0.6) is 0 Å². The number of aliphatic hydroxyl groups excluding tert-OH is 1. The highest BCUT2D eigenvalue weighted by Crippen LogP contribution is 2.66. The number of nitrogens with one attached hydrogen (secondary N) is 1. The molecule has 6 N–H and O–H groups in total. The van der Waals surface area contributed by atoms with Crippen molar-refractivity contribution < 1.29 is 59.0 Å². The monoisotopic (exact) mass is 542 g/mol. The van der Waals surface area contributed by atoms with Crippen LogP contribution in [0.2, 0.25) is 0 Å². The summed E-state index contributed by atoms with van der Waals surface area (Å²) < 4.78 is 66.8. The molecule has 16 nitrogen and oxygen atoms in total. The van der Waals surface area contributed by atoms with Crippen molar-refractivity contribution in [2.24, 2.45) is 0 Å². The number of phosphoric ester groups is 1. The number of aromatic nitrogens is 2. The lowest BCUT2D eigenvalue weighted by molar-refractivity contribution is -0.0462. The highest BCUT2D eigenvalue weighted by atomic mass is 35.5. The van der Waals surface area contributed by atoms with E-state index >= 15 is 0 Å². The lowest BCUT2D eigenvalue weighted by Gasteiger charge is -2.26. The van der Waals surface area contributed by atoms with Gasteiger partial charge in [-0.05, 0) is 6.92 Å². The van der Waals surface area contributed by atoms with Gasteiger partial charge in [-0.3, -0.25) is 18.9 Å². The number of alkyl halides is 1. The third-order valence-electron chi connectivity index (χ3n) is 3.68. The molecule has 2 rings (SSSR count). The van der Waals surface area contributed by atoms with Crippen molar-refractivity contribution in [3.8, 4) is 12.3 Å². The van der Waals surface area contributed by atoms with Crippen molar-refractivity contribution in [1.29, 1.82) is 0 Å². The first-order valence-electron chi connectivity index (χ1n) is 8.81. The number of ether oxygens (including phenoxy) is 1. The van der Waals surface area contributed by atoms with Crippen LogP contribution in [0.4, 0.5) is 0 Å². The second kappa shape index (κ2) is 9.25. The van der Waals surface area contributed by atoms with E-state index in [-0.39, 0.29) is 5.69 Å². The molecule has 3 unspecified atom stereocenters. The first-order valence-corrected chi connectivity index (χ1v) is 12.7. The van der Waals surface area contributed by atoms with Gasteiger partial charge in [-0.15, -0.1) is 6.42 Å². The van der Waals surface area contributed by atoms with E-state index in [4.69, 9.17) is 35.3 Å². The Morgan fingerprint density at radius 3 is 2.41 bits per heavy atom. The molecule has 0 aliphatic carbocycles. The minimum atomic E-state index is -6.03. The molecule has 0 amide bonds. The van der Waals surface area contributed by atoms with E-state index in [2.05, 4.69) is 13.1 Å². The zero-order chi connectivity index (χ0) is 26.5. The van der Waals surface area contributed by atoms with Crippen LogP contribution in [0.1, 0.15) is 14.7 Å². The van der Waals surface area contributed by atoms with Gasteiger partial charge in [-0.2, -0.15) is 8.62 Å². The van der Waals surface area contributed by atoms with Gasteiger partial charge in [0.1, 0.15) is 12.2 Å². The van der Waals surface area contributed by atoms with Gasteiger partial charge in [0, 0.05) is 11.8 Å². The van der Waals surface area contributed by atoms with Crippen LogP contribution >= 0.6 is 35.1 Å². The molecule has 0 bridgehead atoms. The summed E-state index contributed by atoms with van der Waals surface area (Å²) >= 11 is 6.20. The van der Waals surface area contributed by atoms with Crippen LogP contribution in [-0.4, -0.2) is 57.9 Å². The lowest BCUT2D eigenvalue weighted by Crippen LogP contribution is -2.45. The third kappa shape index (κ3) is 6.25. The van der Waals surface area contributed by atoms with Crippen molar-refractivity contribution in [3.63, 3.8) is 0 Å². The van der Waals surface area contributed by atoms with Crippen LogP contribution in [0.25, 0.3) is 0 Å². The number of phosphoric acid groups is 3. The highest BCUT2D eigenvalue weighted by molar-refractivity contribution is 7.66. The number of terminal acetylenes is 1. The molecule has 1 aliphatic rings. The van der Waals surface area contributed by atoms with Gasteiger partial charge in [0.25, 0.3) is 5.56 Å². The first-order chi connectivity index (χ1) is 15.1. The Hall–Kier alpha value is -1.14. The summed E-state index contributed by atoms with van der Waals surface area (Å²) in [6.45, 7) is -2.38. The summed E-state index contributed by atoms with van der Waals surface area (Å²) in [5, 5.41) is 10.5. The predicted octanol–water partition coefficient (Wildman–Crippen LogP) is -0.943. The van der Waals surface area contributed by atoms with Crippen molar-refractivity contribution in [2.75, 3.05) is 6.56 Å². The van der Waals surface area contributed by atoms with E-state index in [0.717, 1.165) is 6.07 Å². The van der Waals surface area contributed by atoms with Gasteiger partial charge in [-0.1, -0.05) is 17.5 Å². The molecule has 20 heteroatoms. The minimum Gasteiger partial charge on any atom is -0.387 e. The van der Waals surface area contributed by atoms with Crippen molar-refractivity contribution >= 4 is 35.1 Å². The quantitative estimate of drug-likeness (QED) is 0.132. The number of hydrogen-bond acceptors (Lipinski definition) is 10. The fourth-order valence-corrected chi connectivity index (χ4v) is 5.64. The van der Waals surface area contributed by atoms with Crippen molar-refractivity contribution in [2.45, 2.75) is 30.2 Å². The number of nitrogens with zero attached hydrogens (tertiary/aromatic N) is 1. The normalized spacial score (nSPS) is 31.1. The molecule has 0 aromatic carbocycles. The topological polar surface area (TPSA) is 244 Å². The molecule has 0 radical (unpaired) electrons. The van der Waals surface area contributed by atoms with Gasteiger partial charge in [0.05, 0.1) is 9.30 Å². The van der Waals surface area contributed by atoms with E-state index in [1.54, 1.807) is 0 Å². The Morgan fingerprint density at radius 2 is 1.91 bits per heavy atom. The maximum absolute atomic E-state index is 12.3. The van der Waals surface area contributed by atoms with Gasteiger partial charge < -0.3 is 29.4 Å². The minimum absolute atomic E-state index is 0.0969. The summed E-state index contributed by atoms with van der Waals surface area (Å²) in [6, 6.07) is 0.916. The number of aryl methyl sites for hydroxylation is 1. The SMILES string of the molecule is [2H]C([2H])(OP(=O)(O)OP(=O)(O)OP(=O)(O)O)[C@H]1O[C@@H](n2c(C)cc(=O)[nH]c2=O)C(Cl)(C#C)[C@H]1O. The first kappa shape index (κ1) is 24.0. The second-order valence-corrected chi connectivity index (χ2v) is 11.0. The highest BCUT2D eigenvalue weighted by Gasteiger charge is 2.56. The summed E-state index contributed by atoms with van der Waals surface area (Å²) in [5.41, 5.74) is -2.05. The summed E-state index contributed by atoms with van der Waals surface area (Å²) in [4.78, 5) is 59.0. The fraction of sp³-hybridized carbons (Fsp3) is 0.500. The molecule has 0 saturated carbocycles. The molecule has 180 valence electrons. The van der Waals surface area contributed by atoms with E-state index in [1.165, 1.54) is 6.92 Å². The number of rotatable bonds is 8. The predicted molar refractivity (Wildman–Crippen MR) is 103 cm³/mol. The zero-order valence-corrected chi connectivity index (χ0v) is 18.9. The van der Waals surface area contributed by atoms with Gasteiger partial charge in [-0.25, -0.2) is 18.5 Å². The maximum atomic E-state index is 12.3. The number of halogens is 1. The van der Waals surface area contributed by atoms with Crippen LogP contribution in [0.3, 0.4) is 0 Å². The van der Waals surface area contributed by atoms with Crippen LogP contribution < -0.4 is 11.2 Å². The van der Waals surface area contributed by atoms with E-state index in [0.29, 0.717) is 4.57 Å². The number of H-pyrrole nitrogens is 1. The standard InChI is InChI=1S/C12H16ClN2O14P3/c1-3-12(13)9(17)7(27-10(12)15-6(2)4-8(16)14-11(15)18)5-26-31(22,23)29-32(24,25)28-30(19,20)21/h1,4,7,9-10,17H,5H2,2H3,(H,22,23)(H,24,25)(H,14,16,18)(H2,19,20,21)/t7-,9+,10-,12?/m1/s1/i5D2. The van der Waals surface area contributed by atoms with Crippen molar-refractivity contribution in [3.05, 3.63) is 32.6 Å². The Morgan fingerprint density at radius 1 is 1.31 bits per heavy atom. The lowest BCUT2D eigenvalue weighted by atomic mass is 9.99. The summed E-state index contributed by atoms with van der Waals surface area (Å²) in [5.74, 6) is 1.90. The number of aliphatic hydroxyl groups is 1. The van der Waals surface area contributed by atoms with E-state index < -0.39 is 64.6 Å². The largest absolute Gasteiger partial charge is 0.490 e.